The van der Waals surface area contributed by atoms with Gasteiger partial charge in [0.1, 0.15) is 18.4 Å². The third-order valence-electron chi connectivity index (χ3n) is 3.06. The van der Waals surface area contributed by atoms with E-state index in [2.05, 4.69) is 12.3 Å². The largest absolute Gasteiger partial charge is 0.755 e. The summed E-state index contributed by atoms with van der Waals surface area (Å²) in [5.74, 6) is -0.300. The van der Waals surface area contributed by atoms with Gasteiger partial charge in [0.05, 0.1) is 7.11 Å². The summed E-state index contributed by atoms with van der Waals surface area (Å²) in [6.07, 6.45) is 1.62. The van der Waals surface area contributed by atoms with Crippen molar-refractivity contribution in [2.24, 2.45) is 5.92 Å². The number of carbonyl (C=O) groups is 1. The number of hydrogen-bond donors (Lipinski definition) is 0. The van der Waals surface area contributed by atoms with E-state index in [-0.39, 0.29) is 5.92 Å². The van der Waals surface area contributed by atoms with Crippen molar-refractivity contribution in [1.82, 2.24) is 0 Å². The summed E-state index contributed by atoms with van der Waals surface area (Å²) in [6, 6.07) is 5.46. The number of hydrogen-bond acceptors (Lipinski definition) is 5. The molecule has 0 radical (unpaired) electrons. The van der Waals surface area contributed by atoms with Crippen molar-refractivity contribution in [2.75, 3.05) is 18.0 Å². The Kier molecular flexibility index (Phi) is 7.54. The molecular formula is C16H20NO5S-. The Balaban J connectivity index is 3.07. The summed E-state index contributed by atoms with van der Waals surface area (Å²) in [5.41, 5.74) is 2.94. The van der Waals surface area contributed by atoms with Gasteiger partial charge in [-0.25, -0.2) is 4.79 Å². The number of anilines is 1. The second-order valence-corrected chi connectivity index (χ2v) is 5.80. The van der Waals surface area contributed by atoms with Crippen LogP contribution < -0.4 is 9.04 Å². The van der Waals surface area contributed by atoms with Gasteiger partial charge in [-0.2, -0.15) is 0 Å². The Labute approximate surface area is 138 Å². The quantitative estimate of drug-likeness (QED) is 0.412. The van der Waals surface area contributed by atoms with E-state index in [1.54, 1.807) is 44.2 Å². The van der Waals surface area contributed by atoms with Crippen LogP contribution >= 0.6 is 0 Å². The molecule has 0 spiro atoms. The van der Waals surface area contributed by atoms with Crippen LogP contribution in [0.3, 0.4) is 0 Å². The number of benzene rings is 1. The summed E-state index contributed by atoms with van der Waals surface area (Å²) in [5, 5.41) is 0. The third kappa shape index (κ3) is 5.25. The lowest BCUT2D eigenvalue weighted by atomic mass is 10.0. The van der Waals surface area contributed by atoms with E-state index >= 15 is 0 Å². The molecule has 0 aromatic heterocycles. The van der Waals surface area contributed by atoms with E-state index in [1.165, 1.54) is 7.11 Å². The topological polar surface area (TPSA) is 78.9 Å². The number of carbonyl (C=O) groups excluding carboxylic acids is 1. The van der Waals surface area contributed by atoms with Crippen LogP contribution in [-0.2, 0) is 20.8 Å². The van der Waals surface area contributed by atoms with Crippen LogP contribution in [0.4, 0.5) is 5.69 Å². The molecule has 2 unspecified atom stereocenters. The first-order chi connectivity index (χ1) is 10.9. The molecule has 1 aromatic carbocycles. The summed E-state index contributed by atoms with van der Waals surface area (Å²) >= 11 is -2.62. The van der Waals surface area contributed by atoms with Gasteiger partial charge in [0.2, 0.25) is 0 Å². The average molecular weight is 338 g/mol. The fourth-order valence-electron chi connectivity index (χ4n) is 1.98. The molecule has 7 heteroatoms. The lowest BCUT2D eigenvalue weighted by molar-refractivity contribution is -0.142. The SMILES string of the molecule is C=C=CCOc1ccc(N(C(C(=O)OC)C(C)C)S(=O)[O-])cc1. The highest BCUT2D eigenvalue weighted by molar-refractivity contribution is 7.80. The van der Waals surface area contributed by atoms with Crippen molar-refractivity contribution >= 4 is 22.9 Å². The van der Waals surface area contributed by atoms with Crippen LogP contribution in [0.5, 0.6) is 5.75 Å². The van der Waals surface area contributed by atoms with Gasteiger partial charge in [-0.05, 0) is 36.3 Å². The number of rotatable bonds is 8. The summed E-state index contributed by atoms with van der Waals surface area (Å²) < 4.78 is 34.4. The highest BCUT2D eigenvalue weighted by atomic mass is 32.2. The maximum atomic E-state index is 11.9. The minimum Gasteiger partial charge on any atom is -0.755 e. The molecule has 2 atom stereocenters. The maximum absolute atomic E-state index is 11.9. The Morgan fingerprint density at radius 1 is 1.43 bits per heavy atom. The van der Waals surface area contributed by atoms with Crippen molar-refractivity contribution < 1.29 is 23.0 Å². The van der Waals surface area contributed by atoms with Crippen LogP contribution in [0.2, 0.25) is 0 Å². The van der Waals surface area contributed by atoms with Gasteiger partial charge in [0.15, 0.2) is 0 Å². The van der Waals surface area contributed by atoms with Crippen LogP contribution in [0.15, 0.2) is 42.7 Å². The number of methoxy groups -OCH3 is 1. The fraction of sp³-hybridized carbons (Fsp3) is 0.375. The van der Waals surface area contributed by atoms with Crippen LogP contribution in [-0.4, -0.2) is 34.5 Å². The second kappa shape index (κ2) is 9.15. The molecule has 0 N–H and O–H groups in total. The molecule has 0 aliphatic carbocycles. The average Bonchev–Trinajstić information content (AvgIpc) is 2.52. The lowest BCUT2D eigenvalue weighted by Crippen LogP contribution is -2.46. The standard InChI is InChI=1S/C16H21NO5S/c1-5-6-11-22-14-9-7-13(8-10-14)17(23(19)20)15(12(2)3)16(18)21-4/h6-10,12,15H,1,11H2,2-4H3,(H,19,20)/p-1. The van der Waals surface area contributed by atoms with Gasteiger partial charge in [0.25, 0.3) is 0 Å². The molecule has 0 saturated heterocycles. The summed E-state index contributed by atoms with van der Waals surface area (Å²) in [4.78, 5) is 11.9. The molecular weight excluding hydrogens is 318 g/mol. The monoisotopic (exact) mass is 338 g/mol. The van der Waals surface area contributed by atoms with E-state index in [0.29, 0.717) is 18.0 Å². The normalized spacial score (nSPS) is 12.9. The third-order valence-corrected chi connectivity index (χ3v) is 3.82. The Morgan fingerprint density at radius 2 is 2.04 bits per heavy atom. The van der Waals surface area contributed by atoms with Crippen molar-refractivity contribution in [3.63, 3.8) is 0 Å². The summed E-state index contributed by atoms with van der Waals surface area (Å²) in [6.45, 7) is 7.25. The van der Waals surface area contributed by atoms with E-state index in [4.69, 9.17) is 9.47 Å². The van der Waals surface area contributed by atoms with Gasteiger partial charge in [-0.3, -0.25) is 8.51 Å². The number of esters is 1. The molecule has 0 bridgehead atoms. The van der Waals surface area contributed by atoms with Crippen LogP contribution in [0, 0.1) is 5.92 Å². The van der Waals surface area contributed by atoms with E-state index in [1.807, 2.05) is 0 Å². The van der Waals surface area contributed by atoms with Crippen molar-refractivity contribution in [3.05, 3.63) is 42.7 Å². The Hall–Kier alpha value is -2.08. The number of nitrogens with zero attached hydrogens (tertiary/aromatic N) is 1. The first-order valence-corrected chi connectivity index (χ1v) is 7.99. The molecule has 0 saturated carbocycles. The Morgan fingerprint density at radius 3 is 2.48 bits per heavy atom. The first-order valence-electron chi connectivity index (χ1n) is 6.96. The molecule has 6 nitrogen and oxygen atoms in total. The minimum absolute atomic E-state index is 0.256. The van der Waals surface area contributed by atoms with Gasteiger partial charge >= 0.3 is 5.97 Å². The van der Waals surface area contributed by atoms with Crippen LogP contribution in [0.25, 0.3) is 0 Å². The van der Waals surface area contributed by atoms with E-state index < -0.39 is 23.3 Å². The van der Waals surface area contributed by atoms with Gasteiger partial charge in [-0.15, -0.1) is 5.73 Å². The molecule has 23 heavy (non-hydrogen) atoms. The highest BCUT2D eigenvalue weighted by Crippen LogP contribution is 2.25. The van der Waals surface area contributed by atoms with E-state index in [0.717, 1.165) is 4.31 Å². The predicted molar refractivity (Wildman–Crippen MR) is 87.7 cm³/mol. The molecule has 0 aliphatic heterocycles. The summed E-state index contributed by atoms with van der Waals surface area (Å²) in [7, 11) is 1.23. The van der Waals surface area contributed by atoms with Crippen molar-refractivity contribution in [2.45, 2.75) is 19.9 Å². The molecule has 1 aromatic rings. The maximum Gasteiger partial charge on any atom is 0.329 e. The molecule has 0 heterocycles. The molecule has 0 aliphatic rings. The fourth-order valence-corrected chi connectivity index (χ4v) is 2.79. The molecule has 0 fully saturated rings. The molecule has 1 rings (SSSR count). The second-order valence-electron chi connectivity index (χ2n) is 4.97. The lowest BCUT2D eigenvalue weighted by Gasteiger charge is -2.35. The van der Waals surface area contributed by atoms with Gasteiger partial charge in [0, 0.05) is 17.0 Å². The molecule has 0 amide bonds. The Bertz CT molecular complexity index is 593. The van der Waals surface area contributed by atoms with Crippen LogP contribution in [0.1, 0.15) is 13.8 Å². The molecule has 126 valence electrons. The minimum atomic E-state index is -2.62. The highest BCUT2D eigenvalue weighted by Gasteiger charge is 2.31. The zero-order valence-electron chi connectivity index (χ0n) is 13.4. The predicted octanol–water partition coefficient (Wildman–Crippen LogP) is 2.20. The zero-order valence-corrected chi connectivity index (χ0v) is 14.2. The van der Waals surface area contributed by atoms with Crippen molar-refractivity contribution in [1.29, 1.82) is 0 Å². The smallest absolute Gasteiger partial charge is 0.329 e. The van der Waals surface area contributed by atoms with Gasteiger partial charge < -0.3 is 14.0 Å². The van der Waals surface area contributed by atoms with Gasteiger partial charge in [-0.1, -0.05) is 20.4 Å². The van der Waals surface area contributed by atoms with Crippen molar-refractivity contribution in [3.8, 4) is 5.75 Å². The first kappa shape index (κ1) is 19.0. The number of ether oxygens (including phenoxy) is 2. The van der Waals surface area contributed by atoms with E-state index in [9.17, 15) is 13.6 Å². The zero-order chi connectivity index (χ0) is 17.4.